The molecule has 1 saturated heterocycles. The maximum absolute atomic E-state index is 13.4. The van der Waals surface area contributed by atoms with Gasteiger partial charge in [0.25, 0.3) is 5.91 Å². The minimum atomic E-state index is -0.921. The molecule has 1 aromatic rings. The van der Waals surface area contributed by atoms with Crippen molar-refractivity contribution in [3.05, 3.63) is 29.3 Å². The van der Waals surface area contributed by atoms with Crippen LogP contribution in [-0.4, -0.2) is 37.1 Å². The van der Waals surface area contributed by atoms with E-state index in [-0.39, 0.29) is 11.7 Å². The molecule has 0 radical (unpaired) electrons. The monoisotopic (exact) mass is 284 g/mol. The van der Waals surface area contributed by atoms with E-state index in [2.05, 4.69) is 0 Å². The molecule has 110 valence electrons. The van der Waals surface area contributed by atoms with Gasteiger partial charge in [-0.15, -0.1) is 0 Å². The van der Waals surface area contributed by atoms with Crippen LogP contribution in [0.15, 0.2) is 12.1 Å². The maximum Gasteiger partial charge on any atom is 0.253 e. The molecule has 0 aromatic heterocycles. The van der Waals surface area contributed by atoms with Gasteiger partial charge in [0, 0.05) is 25.8 Å². The largest absolute Gasteiger partial charge is 0.394 e. The maximum atomic E-state index is 13.4. The number of nitrogens with zero attached hydrogens (tertiary/aromatic N) is 1. The van der Waals surface area contributed by atoms with E-state index in [0.29, 0.717) is 13.2 Å². The predicted octanol–water partition coefficient (Wildman–Crippen LogP) is 2.19. The second-order valence-corrected chi connectivity index (χ2v) is 5.03. The number of nitrogen functional groups attached to an aromatic ring is 1. The van der Waals surface area contributed by atoms with Crippen LogP contribution in [0.3, 0.4) is 0 Å². The molecule has 1 atom stereocenters. The molecule has 2 rings (SSSR count). The Morgan fingerprint density at radius 2 is 2.05 bits per heavy atom. The third kappa shape index (κ3) is 3.25. The first-order valence-corrected chi connectivity index (χ1v) is 6.60. The predicted molar refractivity (Wildman–Crippen MR) is 71.3 cm³/mol. The number of nitrogens with two attached hydrogens (primary N) is 1. The van der Waals surface area contributed by atoms with E-state index in [4.69, 9.17) is 10.5 Å². The number of carbonyl (C=O) groups excluding carboxylic acids is 1. The molecule has 1 heterocycles. The summed E-state index contributed by atoms with van der Waals surface area (Å²) in [7, 11) is 1.59. The van der Waals surface area contributed by atoms with Crippen LogP contribution >= 0.6 is 0 Å². The number of amides is 1. The van der Waals surface area contributed by atoms with Crippen molar-refractivity contribution in [2.45, 2.75) is 25.4 Å². The van der Waals surface area contributed by atoms with E-state index in [1.807, 2.05) is 0 Å². The number of halogens is 2. The summed E-state index contributed by atoms with van der Waals surface area (Å²) in [5.74, 6) is -2.29. The lowest BCUT2D eigenvalue weighted by Gasteiger charge is -2.27. The summed E-state index contributed by atoms with van der Waals surface area (Å²) in [5.41, 5.74) is 4.56. The SMILES string of the molecule is CN(CC1CCCCO1)C(=O)c1cc(F)c(N)c(F)c1. The number of carbonyl (C=O) groups is 1. The lowest BCUT2D eigenvalue weighted by Crippen LogP contribution is -2.37. The van der Waals surface area contributed by atoms with Crippen molar-refractivity contribution in [3.63, 3.8) is 0 Å². The topological polar surface area (TPSA) is 55.6 Å². The molecule has 0 saturated carbocycles. The highest BCUT2D eigenvalue weighted by Crippen LogP contribution is 2.19. The summed E-state index contributed by atoms with van der Waals surface area (Å²) in [4.78, 5) is 13.5. The summed E-state index contributed by atoms with van der Waals surface area (Å²) in [5, 5.41) is 0. The Kier molecular flexibility index (Phi) is 4.54. The van der Waals surface area contributed by atoms with E-state index in [1.165, 1.54) is 4.90 Å². The molecule has 1 fully saturated rings. The van der Waals surface area contributed by atoms with Gasteiger partial charge in [0.1, 0.15) is 17.3 Å². The van der Waals surface area contributed by atoms with Gasteiger partial charge < -0.3 is 15.4 Å². The van der Waals surface area contributed by atoms with Crippen molar-refractivity contribution in [2.24, 2.45) is 0 Å². The minimum Gasteiger partial charge on any atom is -0.394 e. The fourth-order valence-electron chi connectivity index (χ4n) is 2.27. The number of rotatable bonds is 3. The van der Waals surface area contributed by atoms with Crippen LogP contribution in [0.2, 0.25) is 0 Å². The van der Waals surface area contributed by atoms with Crippen LogP contribution in [0, 0.1) is 11.6 Å². The standard InChI is InChI=1S/C14H18F2N2O2/c1-18(8-10-4-2-3-5-20-10)14(19)9-6-11(15)13(17)12(16)7-9/h6-7,10H,2-5,8,17H2,1H3. The van der Waals surface area contributed by atoms with Gasteiger partial charge in [0.2, 0.25) is 0 Å². The molecule has 4 nitrogen and oxygen atoms in total. The van der Waals surface area contributed by atoms with Gasteiger partial charge in [-0.1, -0.05) is 0 Å². The third-order valence-corrected chi connectivity index (χ3v) is 3.42. The Hall–Kier alpha value is -1.69. The van der Waals surface area contributed by atoms with Gasteiger partial charge in [-0.2, -0.15) is 0 Å². The molecule has 1 amide bonds. The van der Waals surface area contributed by atoms with Gasteiger partial charge in [-0.25, -0.2) is 8.78 Å². The van der Waals surface area contributed by atoms with Crippen molar-refractivity contribution in [1.29, 1.82) is 0 Å². The molecule has 20 heavy (non-hydrogen) atoms. The Balaban J connectivity index is 2.06. The van der Waals surface area contributed by atoms with Crippen LogP contribution in [0.4, 0.5) is 14.5 Å². The second kappa shape index (κ2) is 6.17. The second-order valence-electron chi connectivity index (χ2n) is 5.03. The van der Waals surface area contributed by atoms with E-state index in [0.717, 1.165) is 31.4 Å². The van der Waals surface area contributed by atoms with Crippen molar-refractivity contribution >= 4 is 11.6 Å². The third-order valence-electron chi connectivity index (χ3n) is 3.42. The lowest BCUT2D eigenvalue weighted by atomic mass is 10.1. The summed E-state index contributed by atoms with van der Waals surface area (Å²) in [6.45, 7) is 1.10. The quantitative estimate of drug-likeness (QED) is 0.866. The average molecular weight is 284 g/mol. The Morgan fingerprint density at radius 3 is 2.60 bits per heavy atom. The van der Waals surface area contributed by atoms with Gasteiger partial charge in [0.05, 0.1) is 6.10 Å². The fourth-order valence-corrected chi connectivity index (χ4v) is 2.27. The number of likely N-dealkylation sites (N-methyl/N-ethyl adjacent to an activating group) is 1. The van der Waals surface area contributed by atoms with Crippen LogP contribution < -0.4 is 5.73 Å². The number of hydrogen-bond acceptors (Lipinski definition) is 3. The van der Waals surface area contributed by atoms with Crippen LogP contribution in [0.25, 0.3) is 0 Å². The molecule has 0 bridgehead atoms. The van der Waals surface area contributed by atoms with Crippen LogP contribution in [0.5, 0.6) is 0 Å². The first-order valence-electron chi connectivity index (χ1n) is 6.60. The molecule has 2 N–H and O–H groups in total. The van der Waals surface area contributed by atoms with Gasteiger partial charge in [-0.3, -0.25) is 4.79 Å². The molecule has 1 unspecified atom stereocenters. The highest BCUT2D eigenvalue weighted by molar-refractivity contribution is 5.94. The zero-order valence-corrected chi connectivity index (χ0v) is 11.4. The minimum absolute atomic E-state index is 0.0128. The zero-order valence-electron chi connectivity index (χ0n) is 11.4. The molecule has 1 aromatic carbocycles. The van der Waals surface area contributed by atoms with E-state index in [1.54, 1.807) is 7.05 Å². The van der Waals surface area contributed by atoms with E-state index in [9.17, 15) is 13.6 Å². The van der Waals surface area contributed by atoms with Gasteiger partial charge in [0.15, 0.2) is 0 Å². The van der Waals surface area contributed by atoms with Gasteiger partial charge in [-0.05, 0) is 31.4 Å². The molecule has 0 spiro atoms. The Morgan fingerprint density at radius 1 is 1.40 bits per heavy atom. The zero-order chi connectivity index (χ0) is 14.7. The number of anilines is 1. The first-order chi connectivity index (χ1) is 9.49. The summed E-state index contributed by atoms with van der Waals surface area (Å²) < 4.78 is 32.3. The lowest BCUT2D eigenvalue weighted by molar-refractivity contribution is -0.000198. The normalized spacial score (nSPS) is 18.9. The summed E-state index contributed by atoms with van der Waals surface area (Å²) in [6, 6.07) is 1.91. The van der Waals surface area contributed by atoms with Crippen molar-refractivity contribution in [3.8, 4) is 0 Å². The Bertz CT molecular complexity index is 479. The van der Waals surface area contributed by atoms with Crippen molar-refractivity contribution in [1.82, 2.24) is 4.90 Å². The molecular weight excluding hydrogens is 266 g/mol. The van der Waals surface area contributed by atoms with Crippen LogP contribution in [0.1, 0.15) is 29.6 Å². The van der Waals surface area contributed by atoms with E-state index >= 15 is 0 Å². The molecular formula is C14H18F2N2O2. The first kappa shape index (κ1) is 14.7. The fraction of sp³-hybridized carbons (Fsp3) is 0.500. The number of ether oxygens (including phenoxy) is 1. The summed E-state index contributed by atoms with van der Waals surface area (Å²) >= 11 is 0. The van der Waals surface area contributed by atoms with Crippen molar-refractivity contribution < 1.29 is 18.3 Å². The average Bonchev–Trinajstić information content (AvgIpc) is 2.44. The highest BCUT2D eigenvalue weighted by Gasteiger charge is 2.21. The molecule has 6 heteroatoms. The van der Waals surface area contributed by atoms with Crippen LogP contribution in [-0.2, 0) is 4.74 Å². The number of benzene rings is 1. The summed E-state index contributed by atoms with van der Waals surface area (Å²) in [6.07, 6.45) is 2.98. The highest BCUT2D eigenvalue weighted by atomic mass is 19.1. The molecule has 1 aliphatic heterocycles. The van der Waals surface area contributed by atoms with Gasteiger partial charge >= 0.3 is 0 Å². The number of hydrogen-bond donors (Lipinski definition) is 1. The van der Waals surface area contributed by atoms with E-state index < -0.39 is 23.2 Å². The molecule has 1 aliphatic rings. The molecule has 0 aliphatic carbocycles. The smallest absolute Gasteiger partial charge is 0.253 e. The Labute approximate surface area is 116 Å². The van der Waals surface area contributed by atoms with Crippen molar-refractivity contribution in [2.75, 3.05) is 25.9 Å².